The fraction of sp³-hybridized carbons (Fsp3) is 0.417. The second kappa shape index (κ2) is 5.63. The van der Waals surface area contributed by atoms with Gasteiger partial charge in [0.25, 0.3) is 11.8 Å². The van der Waals surface area contributed by atoms with Crippen molar-refractivity contribution in [2.75, 3.05) is 13.1 Å². The first kappa shape index (κ1) is 15.7. The minimum Gasteiger partial charge on any atom is -0.333 e. The van der Waals surface area contributed by atoms with E-state index in [9.17, 15) is 28.1 Å². The Morgan fingerprint density at radius 1 is 1.43 bits per heavy atom. The van der Waals surface area contributed by atoms with Crippen LogP contribution in [0.1, 0.15) is 23.2 Å². The maximum absolute atomic E-state index is 14.0. The molecule has 0 spiro atoms. The lowest BCUT2D eigenvalue weighted by molar-refractivity contribution is -0.387. The van der Waals surface area contributed by atoms with Crippen LogP contribution in [-0.2, 0) is 0 Å². The van der Waals surface area contributed by atoms with Gasteiger partial charge in [0.05, 0.1) is 17.0 Å². The van der Waals surface area contributed by atoms with Gasteiger partial charge in [-0.1, -0.05) is 15.9 Å². The molecule has 1 aliphatic heterocycles. The van der Waals surface area contributed by atoms with Crippen molar-refractivity contribution in [3.8, 4) is 0 Å². The number of hydrogen-bond donors (Lipinski definition) is 0. The molecule has 0 unspecified atom stereocenters. The number of nitro benzene ring substituents is 1. The van der Waals surface area contributed by atoms with E-state index in [2.05, 4.69) is 15.9 Å². The second-order valence-corrected chi connectivity index (χ2v) is 5.65. The van der Waals surface area contributed by atoms with E-state index in [1.807, 2.05) is 0 Å². The third-order valence-corrected chi connectivity index (χ3v) is 3.58. The van der Waals surface area contributed by atoms with Gasteiger partial charge in [0.2, 0.25) is 5.82 Å². The molecule has 0 bridgehead atoms. The first-order valence-electron chi connectivity index (χ1n) is 6.02. The number of nitro groups is 1. The van der Waals surface area contributed by atoms with Gasteiger partial charge in [-0.05, 0) is 12.5 Å². The lowest BCUT2D eigenvalue weighted by Gasteiger charge is -2.32. The van der Waals surface area contributed by atoms with Crippen LogP contribution in [0, 0.1) is 15.9 Å². The molecule has 1 fully saturated rings. The Kier molecular flexibility index (Phi) is 4.22. The molecular formula is C12H10BrF3N2O3. The number of nitrogens with zero attached hydrogens (tertiary/aromatic N) is 2. The van der Waals surface area contributed by atoms with E-state index in [1.165, 1.54) is 0 Å². The van der Waals surface area contributed by atoms with E-state index in [0.29, 0.717) is 0 Å². The number of alkyl halides is 2. The van der Waals surface area contributed by atoms with E-state index < -0.39 is 40.4 Å². The van der Waals surface area contributed by atoms with Crippen molar-refractivity contribution in [1.82, 2.24) is 4.90 Å². The van der Waals surface area contributed by atoms with Gasteiger partial charge in [0.1, 0.15) is 0 Å². The molecule has 1 aromatic carbocycles. The summed E-state index contributed by atoms with van der Waals surface area (Å²) in [5.41, 5.74) is -1.47. The zero-order chi connectivity index (χ0) is 15.8. The molecule has 9 heteroatoms. The summed E-state index contributed by atoms with van der Waals surface area (Å²) in [6.45, 7) is -0.750. The first-order valence-corrected chi connectivity index (χ1v) is 6.81. The van der Waals surface area contributed by atoms with Gasteiger partial charge < -0.3 is 4.90 Å². The Bertz CT molecular complexity index is 610. The summed E-state index contributed by atoms with van der Waals surface area (Å²) in [6, 6.07) is 1.97. The predicted molar refractivity (Wildman–Crippen MR) is 70.8 cm³/mol. The highest BCUT2D eigenvalue weighted by molar-refractivity contribution is 9.10. The largest absolute Gasteiger partial charge is 0.333 e. The summed E-state index contributed by atoms with van der Waals surface area (Å²) >= 11 is 2.94. The van der Waals surface area contributed by atoms with E-state index >= 15 is 0 Å². The highest BCUT2D eigenvalue weighted by Crippen LogP contribution is 2.30. The van der Waals surface area contributed by atoms with Gasteiger partial charge in [0, 0.05) is 23.5 Å². The summed E-state index contributed by atoms with van der Waals surface area (Å²) < 4.78 is 40.8. The summed E-state index contributed by atoms with van der Waals surface area (Å²) in [7, 11) is 0. The van der Waals surface area contributed by atoms with Gasteiger partial charge >= 0.3 is 5.69 Å². The van der Waals surface area contributed by atoms with E-state index in [4.69, 9.17) is 0 Å². The third-order valence-electron chi connectivity index (χ3n) is 3.13. The summed E-state index contributed by atoms with van der Waals surface area (Å²) in [4.78, 5) is 22.7. The van der Waals surface area contributed by atoms with Gasteiger partial charge in [0.15, 0.2) is 0 Å². The summed E-state index contributed by atoms with van der Waals surface area (Å²) in [5.74, 6) is -5.32. The molecular weight excluding hydrogens is 357 g/mol. The molecule has 1 aromatic rings. The number of benzene rings is 1. The molecule has 5 nitrogen and oxygen atoms in total. The van der Waals surface area contributed by atoms with Gasteiger partial charge in [-0.15, -0.1) is 0 Å². The van der Waals surface area contributed by atoms with Crippen LogP contribution in [0.25, 0.3) is 0 Å². The van der Waals surface area contributed by atoms with E-state index in [-0.39, 0.29) is 23.9 Å². The molecule has 1 aliphatic rings. The lowest BCUT2D eigenvalue weighted by Crippen LogP contribution is -2.45. The first-order chi connectivity index (χ1) is 9.71. The molecule has 1 amide bonds. The molecule has 0 saturated carbocycles. The zero-order valence-electron chi connectivity index (χ0n) is 10.6. The van der Waals surface area contributed by atoms with Gasteiger partial charge in [-0.2, -0.15) is 4.39 Å². The van der Waals surface area contributed by atoms with Crippen LogP contribution in [0.15, 0.2) is 16.6 Å². The molecule has 0 aromatic heterocycles. The number of piperidine rings is 1. The number of amides is 1. The average Bonchev–Trinajstić information content (AvgIpc) is 2.38. The monoisotopic (exact) mass is 366 g/mol. The molecule has 0 N–H and O–H groups in total. The maximum Gasteiger partial charge on any atom is 0.306 e. The molecule has 0 aliphatic carbocycles. The molecule has 114 valence electrons. The minimum absolute atomic E-state index is 0.0637. The average molecular weight is 367 g/mol. The highest BCUT2D eigenvalue weighted by atomic mass is 79.9. The Labute approximate surface area is 126 Å². The third kappa shape index (κ3) is 3.34. The van der Waals surface area contributed by atoms with Crippen molar-refractivity contribution in [2.24, 2.45) is 0 Å². The van der Waals surface area contributed by atoms with Crippen LogP contribution < -0.4 is 0 Å². The van der Waals surface area contributed by atoms with Crippen LogP contribution >= 0.6 is 15.9 Å². The Morgan fingerprint density at radius 2 is 2.10 bits per heavy atom. The van der Waals surface area contributed by atoms with Crippen LogP contribution in [0.4, 0.5) is 18.9 Å². The quantitative estimate of drug-likeness (QED) is 0.595. The zero-order valence-corrected chi connectivity index (χ0v) is 12.2. The maximum atomic E-state index is 14.0. The highest BCUT2D eigenvalue weighted by Gasteiger charge is 2.38. The van der Waals surface area contributed by atoms with Crippen LogP contribution in [0.5, 0.6) is 0 Å². The van der Waals surface area contributed by atoms with Crippen LogP contribution in [0.3, 0.4) is 0 Å². The number of carbonyl (C=O) groups excluding carboxylic acids is 1. The minimum atomic E-state index is -3.03. The van der Waals surface area contributed by atoms with Crippen molar-refractivity contribution in [3.63, 3.8) is 0 Å². The summed E-state index contributed by atoms with van der Waals surface area (Å²) in [6.07, 6.45) is -0.242. The number of hydrogen-bond acceptors (Lipinski definition) is 3. The SMILES string of the molecule is O=C(c1cc(Br)cc([N+](=O)[O-])c1F)N1CCCC(F)(F)C1. The van der Waals surface area contributed by atoms with Crippen LogP contribution in [0.2, 0.25) is 0 Å². The number of halogens is 4. The van der Waals surface area contributed by atoms with Crippen molar-refractivity contribution in [2.45, 2.75) is 18.8 Å². The molecule has 0 atom stereocenters. The van der Waals surface area contributed by atoms with Crippen molar-refractivity contribution in [3.05, 3.63) is 38.1 Å². The smallest absolute Gasteiger partial charge is 0.306 e. The fourth-order valence-corrected chi connectivity index (χ4v) is 2.62. The Morgan fingerprint density at radius 3 is 2.67 bits per heavy atom. The standard InChI is InChI=1S/C12H10BrF3N2O3/c13-7-4-8(10(14)9(5-7)18(20)21)11(19)17-3-1-2-12(15,16)6-17/h4-5H,1-3,6H2. The van der Waals surface area contributed by atoms with Gasteiger partial charge in [-0.25, -0.2) is 8.78 Å². The molecule has 1 saturated heterocycles. The number of likely N-dealkylation sites (tertiary alicyclic amines) is 1. The number of rotatable bonds is 2. The van der Waals surface area contributed by atoms with Gasteiger partial charge in [-0.3, -0.25) is 14.9 Å². The Balaban J connectivity index is 2.37. The molecule has 2 rings (SSSR count). The molecule has 21 heavy (non-hydrogen) atoms. The normalized spacial score (nSPS) is 17.6. The van der Waals surface area contributed by atoms with Crippen molar-refractivity contribution in [1.29, 1.82) is 0 Å². The predicted octanol–water partition coefficient (Wildman–Crippen LogP) is 3.37. The lowest BCUT2D eigenvalue weighted by atomic mass is 10.1. The molecule has 1 heterocycles. The topological polar surface area (TPSA) is 63.4 Å². The Hall–Kier alpha value is -1.64. The molecule has 0 radical (unpaired) electrons. The van der Waals surface area contributed by atoms with E-state index in [1.54, 1.807) is 0 Å². The fourth-order valence-electron chi connectivity index (χ4n) is 2.17. The van der Waals surface area contributed by atoms with Crippen molar-refractivity contribution < 1.29 is 22.9 Å². The van der Waals surface area contributed by atoms with Crippen molar-refractivity contribution >= 4 is 27.5 Å². The van der Waals surface area contributed by atoms with E-state index in [0.717, 1.165) is 17.0 Å². The number of carbonyl (C=O) groups is 1. The second-order valence-electron chi connectivity index (χ2n) is 4.73. The summed E-state index contributed by atoms with van der Waals surface area (Å²) in [5, 5.41) is 10.7. The van der Waals surface area contributed by atoms with Crippen LogP contribution in [-0.4, -0.2) is 34.7 Å².